The molecule has 156 valence electrons. The second kappa shape index (κ2) is 11.3. The van der Waals surface area contributed by atoms with E-state index in [4.69, 9.17) is 4.74 Å². The van der Waals surface area contributed by atoms with Crippen molar-refractivity contribution in [3.63, 3.8) is 0 Å². The Morgan fingerprint density at radius 2 is 1.62 bits per heavy atom. The maximum atomic E-state index is 12.5. The molecule has 1 aliphatic rings. The summed E-state index contributed by atoms with van der Waals surface area (Å²) in [6.07, 6.45) is 8.83. The van der Waals surface area contributed by atoms with Crippen molar-refractivity contribution in [1.29, 1.82) is 0 Å². The van der Waals surface area contributed by atoms with Crippen molar-refractivity contribution in [3.8, 4) is 5.75 Å². The van der Waals surface area contributed by atoms with E-state index in [9.17, 15) is 4.79 Å². The summed E-state index contributed by atoms with van der Waals surface area (Å²) in [7, 11) is -0.441. The molecule has 3 rings (SSSR count). The van der Waals surface area contributed by atoms with E-state index in [1.54, 1.807) is 0 Å². The Hall–Kier alpha value is -1.87. The molecule has 0 aromatic heterocycles. The molecule has 3 heteroatoms. The largest absolute Gasteiger partial charge is 0.423 e. The SMILES string of the molecule is CCCCCc1ccc(OC(=O)c2ccc([C@H]3CC[Si@H](CCC)CC3)cc2)cc1. The number of carbonyl (C=O) groups excluding carboxylic acids is 1. The predicted molar refractivity (Wildman–Crippen MR) is 125 cm³/mol. The highest BCUT2D eigenvalue weighted by atomic mass is 28.3. The Bertz CT molecular complexity index is 743. The van der Waals surface area contributed by atoms with E-state index >= 15 is 0 Å². The van der Waals surface area contributed by atoms with Crippen LogP contribution in [0.1, 0.15) is 79.8 Å². The fourth-order valence-corrected chi connectivity index (χ4v) is 7.98. The molecule has 1 heterocycles. The zero-order valence-electron chi connectivity index (χ0n) is 18.2. The van der Waals surface area contributed by atoms with Gasteiger partial charge in [0.05, 0.1) is 5.56 Å². The zero-order chi connectivity index (χ0) is 20.5. The number of rotatable bonds is 9. The van der Waals surface area contributed by atoms with Gasteiger partial charge in [-0.2, -0.15) is 0 Å². The minimum Gasteiger partial charge on any atom is -0.423 e. The van der Waals surface area contributed by atoms with E-state index in [0.29, 0.717) is 17.2 Å². The van der Waals surface area contributed by atoms with Crippen molar-refractivity contribution in [1.82, 2.24) is 0 Å². The molecule has 0 radical (unpaired) electrons. The lowest BCUT2D eigenvalue weighted by Gasteiger charge is -2.27. The Kier molecular flexibility index (Phi) is 8.54. The number of esters is 1. The minimum absolute atomic E-state index is 0.269. The van der Waals surface area contributed by atoms with Crippen LogP contribution in [0.25, 0.3) is 0 Å². The smallest absolute Gasteiger partial charge is 0.343 e. The van der Waals surface area contributed by atoms with Gasteiger partial charge in [-0.1, -0.05) is 75.5 Å². The van der Waals surface area contributed by atoms with Crippen LogP contribution >= 0.6 is 0 Å². The summed E-state index contributed by atoms with van der Waals surface area (Å²) in [5, 5.41) is 0. The molecule has 2 aromatic rings. The van der Waals surface area contributed by atoms with E-state index in [1.807, 2.05) is 24.3 Å². The van der Waals surface area contributed by atoms with Crippen molar-refractivity contribution in [2.45, 2.75) is 82.8 Å². The van der Waals surface area contributed by atoms with Gasteiger partial charge < -0.3 is 4.74 Å². The van der Waals surface area contributed by atoms with Crippen LogP contribution in [-0.2, 0) is 6.42 Å². The van der Waals surface area contributed by atoms with E-state index in [0.717, 1.165) is 6.42 Å². The molecule has 1 saturated heterocycles. The normalized spacial score (nSPS) is 19.1. The molecule has 29 heavy (non-hydrogen) atoms. The topological polar surface area (TPSA) is 26.3 Å². The number of benzene rings is 2. The van der Waals surface area contributed by atoms with Crippen molar-refractivity contribution in [2.24, 2.45) is 0 Å². The van der Waals surface area contributed by atoms with E-state index in [2.05, 4.69) is 38.1 Å². The lowest BCUT2D eigenvalue weighted by molar-refractivity contribution is 0.0734. The van der Waals surface area contributed by atoms with Gasteiger partial charge in [-0.25, -0.2) is 4.79 Å². The molecule has 0 aliphatic carbocycles. The molecule has 2 aromatic carbocycles. The first-order valence-electron chi connectivity index (χ1n) is 11.6. The third kappa shape index (κ3) is 6.57. The number of hydrogen-bond acceptors (Lipinski definition) is 2. The highest BCUT2D eigenvalue weighted by Gasteiger charge is 2.23. The minimum atomic E-state index is -0.441. The molecule has 2 nitrogen and oxygen atoms in total. The summed E-state index contributed by atoms with van der Waals surface area (Å²) in [4.78, 5) is 12.5. The fourth-order valence-electron chi connectivity index (χ4n) is 4.55. The summed E-state index contributed by atoms with van der Waals surface area (Å²) >= 11 is 0. The number of ether oxygens (including phenoxy) is 1. The van der Waals surface area contributed by atoms with Crippen molar-refractivity contribution in [2.75, 3.05) is 0 Å². The van der Waals surface area contributed by atoms with Crippen molar-refractivity contribution >= 4 is 14.8 Å². The molecule has 1 aliphatic heterocycles. The van der Waals surface area contributed by atoms with Gasteiger partial charge in [0, 0.05) is 8.80 Å². The lowest BCUT2D eigenvalue weighted by atomic mass is 9.93. The molecule has 0 atom stereocenters. The molecule has 0 saturated carbocycles. The third-order valence-electron chi connectivity index (χ3n) is 6.36. The second-order valence-electron chi connectivity index (χ2n) is 8.62. The summed E-state index contributed by atoms with van der Waals surface area (Å²) < 4.78 is 5.57. The monoisotopic (exact) mass is 408 g/mol. The summed E-state index contributed by atoms with van der Waals surface area (Å²) in [6.45, 7) is 4.54. The van der Waals surface area contributed by atoms with Gasteiger partial charge in [0.1, 0.15) is 5.75 Å². The molecule has 0 amide bonds. The van der Waals surface area contributed by atoms with Crippen LogP contribution in [-0.4, -0.2) is 14.8 Å². The third-order valence-corrected chi connectivity index (χ3v) is 10.1. The van der Waals surface area contributed by atoms with Gasteiger partial charge in [0.25, 0.3) is 0 Å². The number of aryl methyl sites for hydroxylation is 1. The van der Waals surface area contributed by atoms with Gasteiger partial charge in [0.15, 0.2) is 0 Å². The van der Waals surface area contributed by atoms with Crippen LogP contribution in [0, 0.1) is 0 Å². The first-order valence-corrected chi connectivity index (χ1v) is 14.1. The zero-order valence-corrected chi connectivity index (χ0v) is 19.3. The van der Waals surface area contributed by atoms with E-state index in [-0.39, 0.29) is 5.97 Å². The molecule has 0 unspecified atom stereocenters. The standard InChI is InChI=1S/C26H36O2Si/c1-3-5-6-7-21-8-14-25(15-9-21)28-26(27)24-12-10-22(11-13-24)23-16-19-29(18-4-2)20-17-23/h8-15,23,29H,3-7,16-20H2,1-2H3/t23-,29-. The van der Waals surface area contributed by atoms with Gasteiger partial charge in [0.2, 0.25) is 0 Å². The first kappa shape index (κ1) is 21.8. The number of hydrogen-bond donors (Lipinski definition) is 0. The Morgan fingerprint density at radius 3 is 2.24 bits per heavy atom. The van der Waals surface area contributed by atoms with Crippen molar-refractivity contribution in [3.05, 3.63) is 65.2 Å². The molecular formula is C26H36O2Si. The van der Waals surface area contributed by atoms with Crippen LogP contribution in [0.5, 0.6) is 5.75 Å². The van der Waals surface area contributed by atoms with Crippen molar-refractivity contribution < 1.29 is 9.53 Å². The maximum absolute atomic E-state index is 12.5. The molecular weight excluding hydrogens is 372 g/mol. The Balaban J connectivity index is 1.51. The second-order valence-corrected chi connectivity index (χ2v) is 12.1. The summed E-state index contributed by atoms with van der Waals surface area (Å²) in [6, 6.07) is 20.6. The fraction of sp³-hybridized carbons (Fsp3) is 0.500. The van der Waals surface area contributed by atoms with Gasteiger partial charge in [-0.15, -0.1) is 0 Å². The molecule has 0 spiro atoms. The Morgan fingerprint density at radius 1 is 0.931 bits per heavy atom. The predicted octanol–water partition coefficient (Wildman–Crippen LogP) is 7.15. The van der Waals surface area contributed by atoms with Crippen LogP contribution in [0.4, 0.5) is 0 Å². The number of unbranched alkanes of at least 4 members (excludes halogenated alkanes) is 2. The average Bonchev–Trinajstić information content (AvgIpc) is 2.76. The first-order chi connectivity index (χ1) is 14.2. The van der Waals surface area contributed by atoms with Crippen LogP contribution in [0.15, 0.2) is 48.5 Å². The summed E-state index contributed by atoms with van der Waals surface area (Å²) in [5.74, 6) is 1.03. The van der Waals surface area contributed by atoms with Crippen LogP contribution < -0.4 is 4.74 Å². The highest BCUT2D eigenvalue weighted by molar-refractivity contribution is 6.59. The maximum Gasteiger partial charge on any atom is 0.343 e. The molecule has 0 N–H and O–H groups in total. The highest BCUT2D eigenvalue weighted by Crippen LogP contribution is 2.35. The molecule has 0 bridgehead atoms. The quantitative estimate of drug-likeness (QED) is 0.190. The van der Waals surface area contributed by atoms with Gasteiger partial charge in [-0.05, 0) is 67.0 Å². The number of carbonyl (C=O) groups is 1. The van der Waals surface area contributed by atoms with Gasteiger partial charge in [-0.3, -0.25) is 0 Å². The molecule has 1 fully saturated rings. The van der Waals surface area contributed by atoms with Crippen LogP contribution in [0.3, 0.4) is 0 Å². The average molecular weight is 409 g/mol. The lowest BCUT2D eigenvalue weighted by Crippen LogP contribution is -2.20. The van der Waals surface area contributed by atoms with E-state index < -0.39 is 8.80 Å². The van der Waals surface area contributed by atoms with Crippen LogP contribution in [0.2, 0.25) is 18.1 Å². The van der Waals surface area contributed by atoms with Gasteiger partial charge >= 0.3 is 5.97 Å². The van der Waals surface area contributed by atoms with E-state index in [1.165, 1.54) is 67.8 Å². The Labute approximate surface area is 178 Å². The summed E-state index contributed by atoms with van der Waals surface area (Å²) in [5.41, 5.74) is 3.33.